The molecule has 98 valence electrons. The van der Waals surface area contributed by atoms with Gasteiger partial charge in [0.2, 0.25) is 0 Å². The van der Waals surface area contributed by atoms with Gasteiger partial charge in [0.05, 0.1) is 10.7 Å². The second-order valence-corrected chi connectivity index (χ2v) is 7.97. The van der Waals surface area contributed by atoms with Crippen molar-refractivity contribution in [2.45, 2.75) is 57.5 Å². The number of hydrogen-bond acceptors (Lipinski definition) is 3. The summed E-state index contributed by atoms with van der Waals surface area (Å²) in [5, 5.41) is 7.30. The van der Waals surface area contributed by atoms with Crippen molar-refractivity contribution in [1.82, 2.24) is 10.3 Å². The smallest absolute Gasteiger partial charge is 0.0897 e. The first-order valence-electron chi connectivity index (χ1n) is 7.37. The molecule has 0 unspecified atom stereocenters. The Labute approximate surface area is 113 Å². The van der Waals surface area contributed by atoms with Crippen molar-refractivity contribution in [3.63, 3.8) is 0 Å². The Morgan fingerprint density at radius 2 is 1.83 bits per heavy atom. The van der Waals surface area contributed by atoms with Crippen molar-refractivity contribution >= 4 is 11.3 Å². The van der Waals surface area contributed by atoms with Crippen molar-refractivity contribution in [3.8, 4) is 0 Å². The standard InChI is InChI=1S/C15H22N2S/c1-10-17-14(9-18-10)8-16-15-5-11-2-12(6-15)4-13(3-11)7-15/h9,11-13,16H,2-8H2,1H3. The summed E-state index contributed by atoms with van der Waals surface area (Å²) in [6.07, 6.45) is 8.87. The van der Waals surface area contributed by atoms with E-state index in [4.69, 9.17) is 0 Å². The van der Waals surface area contributed by atoms with Crippen LogP contribution in [0.15, 0.2) is 5.38 Å². The van der Waals surface area contributed by atoms with Crippen LogP contribution in [0, 0.1) is 24.7 Å². The summed E-state index contributed by atoms with van der Waals surface area (Å²) < 4.78 is 0. The van der Waals surface area contributed by atoms with Crippen LogP contribution in [-0.4, -0.2) is 10.5 Å². The summed E-state index contributed by atoms with van der Waals surface area (Å²) in [5.74, 6) is 3.09. The van der Waals surface area contributed by atoms with Gasteiger partial charge in [0.25, 0.3) is 0 Å². The second kappa shape index (κ2) is 4.04. The summed E-state index contributed by atoms with van der Waals surface area (Å²) in [6, 6.07) is 0. The molecule has 1 aromatic rings. The largest absolute Gasteiger partial charge is 0.306 e. The van der Waals surface area contributed by atoms with Crippen molar-refractivity contribution in [3.05, 3.63) is 16.1 Å². The fourth-order valence-corrected chi connectivity index (χ4v) is 5.71. The van der Waals surface area contributed by atoms with Crippen molar-refractivity contribution < 1.29 is 0 Å². The van der Waals surface area contributed by atoms with E-state index in [0.717, 1.165) is 24.3 Å². The van der Waals surface area contributed by atoms with Gasteiger partial charge in [0, 0.05) is 17.5 Å². The van der Waals surface area contributed by atoms with E-state index < -0.39 is 0 Å². The minimum absolute atomic E-state index is 0.478. The highest BCUT2D eigenvalue weighted by molar-refractivity contribution is 7.09. The number of aryl methyl sites for hydroxylation is 1. The molecule has 2 nitrogen and oxygen atoms in total. The number of thiazole rings is 1. The average molecular weight is 262 g/mol. The number of nitrogens with one attached hydrogen (secondary N) is 1. The zero-order valence-corrected chi connectivity index (χ0v) is 11.9. The molecule has 0 radical (unpaired) electrons. The number of aromatic nitrogens is 1. The van der Waals surface area contributed by atoms with Crippen LogP contribution in [0.2, 0.25) is 0 Å². The molecule has 0 atom stereocenters. The summed E-state index contributed by atoms with van der Waals surface area (Å²) in [4.78, 5) is 4.58. The molecule has 4 aliphatic carbocycles. The van der Waals surface area contributed by atoms with E-state index in [-0.39, 0.29) is 0 Å². The van der Waals surface area contributed by atoms with E-state index in [1.807, 2.05) is 0 Å². The Morgan fingerprint density at radius 3 is 2.33 bits per heavy atom. The maximum Gasteiger partial charge on any atom is 0.0897 e. The first-order chi connectivity index (χ1) is 8.71. The van der Waals surface area contributed by atoms with Crippen LogP contribution in [0.5, 0.6) is 0 Å². The molecule has 4 bridgehead atoms. The lowest BCUT2D eigenvalue weighted by molar-refractivity contribution is -0.0207. The monoisotopic (exact) mass is 262 g/mol. The van der Waals surface area contributed by atoms with Gasteiger partial charge in [-0.3, -0.25) is 0 Å². The lowest BCUT2D eigenvalue weighted by Gasteiger charge is -2.57. The van der Waals surface area contributed by atoms with Gasteiger partial charge in [-0.25, -0.2) is 4.98 Å². The summed E-state index contributed by atoms with van der Waals surface area (Å²) in [7, 11) is 0. The maximum absolute atomic E-state index is 4.58. The van der Waals surface area contributed by atoms with Crippen molar-refractivity contribution in [1.29, 1.82) is 0 Å². The molecule has 4 aliphatic rings. The molecular weight excluding hydrogens is 240 g/mol. The topological polar surface area (TPSA) is 24.9 Å². The second-order valence-electron chi connectivity index (χ2n) is 6.91. The Balaban J connectivity index is 1.47. The normalized spacial score (nSPS) is 41.5. The summed E-state index contributed by atoms with van der Waals surface area (Å²) in [5.41, 5.74) is 1.72. The van der Waals surface area contributed by atoms with Gasteiger partial charge in [-0.05, 0) is 63.2 Å². The van der Waals surface area contributed by atoms with Crippen LogP contribution < -0.4 is 5.32 Å². The quantitative estimate of drug-likeness (QED) is 0.901. The van der Waals surface area contributed by atoms with E-state index in [1.165, 1.54) is 49.2 Å². The molecule has 0 spiro atoms. The highest BCUT2D eigenvalue weighted by Gasteiger charge is 2.50. The SMILES string of the molecule is Cc1nc(CNC23CC4CC(CC(C4)C2)C3)cs1. The van der Waals surface area contributed by atoms with E-state index >= 15 is 0 Å². The molecule has 3 heteroatoms. The molecule has 1 heterocycles. The summed E-state index contributed by atoms with van der Waals surface area (Å²) in [6.45, 7) is 3.08. The van der Waals surface area contributed by atoms with Crippen LogP contribution >= 0.6 is 11.3 Å². The maximum atomic E-state index is 4.58. The lowest BCUT2D eigenvalue weighted by Crippen LogP contribution is -2.58. The minimum Gasteiger partial charge on any atom is -0.306 e. The van der Waals surface area contributed by atoms with Crippen molar-refractivity contribution in [2.75, 3.05) is 0 Å². The summed E-state index contributed by atoms with van der Waals surface area (Å²) >= 11 is 1.77. The van der Waals surface area contributed by atoms with Crippen molar-refractivity contribution in [2.24, 2.45) is 17.8 Å². The van der Waals surface area contributed by atoms with Gasteiger partial charge in [-0.1, -0.05) is 0 Å². The van der Waals surface area contributed by atoms with Gasteiger partial charge in [0.15, 0.2) is 0 Å². The molecule has 0 amide bonds. The molecular formula is C15H22N2S. The average Bonchev–Trinajstić information content (AvgIpc) is 2.71. The van der Waals surface area contributed by atoms with Gasteiger partial charge in [0.1, 0.15) is 0 Å². The van der Waals surface area contributed by atoms with E-state index in [2.05, 4.69) is 22.6 Å². The Morgan fingerprint density at radius 1 is 1.22 bits per heavy atom. The molecule has 18 heavy (non-hydrogen) atoms. The third-order valence-electron chi connectivity index (χ3n) is 5.35. The molecule has 5 rings (SSSR count). The zero-order valence-electron chi connectivity index (χ0n) is 11.1. The molecule has 1 aromatic heterocycles. The molecule has 4 saturated carbocycles. The first kappa shape index (κ1) is 11.4. The predicted molar refractivity (Wildman–Crippen MR) is 74.6 cm³/mol. The predicted octanol–water partition coefficient (Wildman–Crippen LogP) is 3.51. The van der Waals surface area contributed by atoms with E-state index in [0.29, 0.717) is 5.54 Å². The highest BCUT2D eigenvalue weighted by Crippen LogP contribution is 2.55. The van der Waals surface area contributed by atoms with Crippen LogP contribution in [0.4, 0.5) is 0 Å². The fourth-order valence-electron chi connectivity index (χ4n) is 5.09. The lowest BCUT2D eigenvalue weighted by atomic mass is 9.53. The molecule has 0 aromatic carbocycles. The Bertz CT molecular complexity index is 416. The van der Waals surface area contributed by atoms with E-state index in [1.54, 1.807) is 11.3 Å². The third-order valence-corrected chi connectivity index (χ3v) is 6.17. The van der Waals surface area contributed by atoms with Crippen LogP contribution in [0.1, 0.15) is 49.2 Å². The molecule has 0 aliphatic heterocycles. The number of rotatable bonds is 3. The minimum atomic E-state index is 0.478. The fraction of sp³-hybridized carbons (Fsp3) is 0.800. The number of nitrogens with zero attached hydrogens (tertiary/aromatic N) is 1. The molecule has 1 N–H and O–H groups in total. The van der Waals surface area contributed by atoms with Crippen LogP contribution in [-0.2, 0) is 6.54 Å². The first-order valence-corrected chi connectivity index (χ1v) is 8.25. The van der Waals surface area contributed by atoms with Crippen LogP contribution in [0.25, 0.3) is 0 Å². The van der Waals surface area contributed by atoms with Crippen LogP contribution in [0.3, 0.4) is 0 Å². The number of hydrogen-bond donors (Lipinski definition) is 1. The van der Waals surface area contributed by atoms with Gasteiger partial charge in [-0.2, -0.15) is 0 Å². The Kier molecular flexibility index (Phi) is 2.56. The third kappa shape index (κ3) is 1.92. The Hall–Kier alpha value is -0.410. The molecule has 4 fully saturated rings. The zero-order chi connectivity index (χ0) is 12.2. The van der Waals surface area contributed by atoms with Gasteiger partial charge in [-0.15, -0.1) is 11.3 Å². The van der Waals surface area contributed by atoms with Gasteiger partial charge >= 0.3 is 0 Å². The molecule has 0 saturated heterocycles. The van der Waals surface area contributed by atoms with E-state index in [9.17, 15) is 0 Å². The van der Waals surface area contributed by atoms with Gasteiger partial charge < -0.3 is 5.32 Å². The highest BCUT2D eigenvalue weighted by atomic mass is 32.1.